The molecule has 0 radical (unpaired) electrons. The Labute approximate surface area is 129 Å². The first kappa shape index (κ1) is 14.2. The van der Waals surface area contributed by atoms with Crippen LogP contribution in [0.3, 0.4) is 0 Å². The molecule has 0 aliphatic rings. The van der Waals surface area contributed by atoms with Crippen molar-refractivity contribution in [3.05, 3.63) is 65.9 Å². The molecule has 1 atom stereocenters. The molecule has 0 aliphatic carbocycles. The smallest absolute Gasteiger partial charge is 0.149 e. The number of hydrogen-bond acceptors (Lipinski definition) is 3. The summed E-state index contributed by atoms with van der Waals surface area (Å²) in [6.45, 7) is 2.10. The van der Waals surface area contributed by atoms with E-state index in [1.807, 2.05) is 61.5 Å². The minimum atomic E-state index is 0.110. The molecular formula is C19H16N2O. The van der Waals surface area contributed by atoms with Crippen molar-refractivity contribution in [2.75, 3.05) is 6.61 Å². The van der Waals surface area contributed by atoms with E-state index < -0.39 is 0 Å². The van der Waals surface area contributed by atoms with Crippen LogP contribution in [0.1, 0.15) is 24.1 Å². The molecule has 0 fully saturated rings. The zero-order valence-corrected chi connectivity index (χ0v) is 12.3. The lowest BCUT2D eigenvalue weighted by molar-refractivity contribution is 0.273. The van der Waals surface area contributed by atoms with Gasteiger partial charge in [-0.15, -0.1) is 0 Å². The number of fused-ring (bicyclic) bond motifs is 1. The third kappa shape index (κ3) is 2.57. The van der Waals surface area contributed by atoms with Gasteiger partial charge in [-0.05, 0) is 23.3 Å². The Morgan fingerprint density at radius 3 is 2.55 bits per heavy atom. The van der Waals surface area contributed by atoms with Crippen LogP contribution in [0.4, 0.5) is 0 Å². The van der Waals surface area contributed by atoms with Crippen molar-refractivity contribution >= 4 is 10.9 Å². The summed E-state index contributed by atoms with van der Waals surface area (Å²) < 4.78 is 0. The Hall–Kier alpha value is -2.70. The molecule has 0 amide bonds. The fourth-order valence-electron chi connectivity index (χ4n) is 2.52. The number of pyridine rings is 1. The van der Waals surface area contributed by atoms with Crippen molar-refractivity contribution in [1.29, 1.82) is 5.26 Å². The Balaban J connectivity index is 2.11. The van der Waals surface area contributed by atoms with Gasteiger partial charge in [-0.2, -0.15) is 5.26 Å². The topological polar surface area (TPSA) is 56.9 Å². The highest BCUT2D eigenvalue weighted by Gasteiger charge is 2.10. The first-order chi connectivity index (χ1) is 10.7. The first-order valence-electron chi connectivity index (χ1n) is 7.24. The summed E-state index contributed by atoms with van der Waals surface area (Å²) in [7, 11) is 0. The van der Waals surface area contributed by atoms with Crippen LogP contribution in [0.25, 0.3) is 22.0 Å². The number of benzene rings is 2. The highest BCUT2D eigenvalue weighted by atomic mass is 16.3. The van der Waals surface area contributed by atoms with E-state index in [1.165, 1.54) is 0 Å². The van der Waals surface area contributed by atoms with E-state index in [9.17, 15) is 10.4 Å². The monoisotopic (exact) mass is 288 g/mol. The van der Waals surface area contributed by atoms with Gasteiger partial charge in [0.05, 0.1) is 5.52 Å². The Morgan fingerprint density at radius 2 is 1.86 bits per heavy atom. The molecule has 1 N–H and O–H groups in total. The van der Waals surface area contributed by atoms with E-state index >= 15 is 0 Å². The van der Waals surface area contributed by atoms with Crippen LogP contribution < -0.4 is 0 Å². The molecule has 3 nitrogen and oxygen atoms in total. The number of aromatic nitrogens is 1. The standard InChI is InChI=1S/C19H16N2O/c1-13(12-22)14-6-8-15(9-7-14)17-10-16-4-2-3-5-18(16)21-19(17)11-20/h2-10,13,22H,12H2,1H3. The minimum absolute atomic E-state index is 0.110. The molecule has 0 aliphatic heterocycles. The zero-order valence-electron chi connectivity index (χ0n) is 12.3. The van der Waals surface area contributed by atoms with E-state index in [-0.39, 0.29) is 12.5 Å². The van der Waals surface area contributed by atoms with Crippen molar-refractivity contribution < 1.29 is 5.11 Å². The normalized spacial score (nSPS) is 12.0. The number of rotatable bonds is 3. The fourth-order valence-corrected chi connectivity index (χ4v) is 2.52. The van der Waals surface area contributed by atoms with Gasteiger partial charge < -0.3 is 5.11 Å². The number of para-hydroxylation sites is 1. The maximum atomic E-state index is 9.37. The van der Waals surface area contributed by atoms with E-state index in [2.05, 4.69) is 11.1 Å². The second-order valence-corrected chi connectivity index (χ2v) is 5.39. The molecule has 1 aromatic heterocycles. The molecule has 1 heterocycles. The average Bonchev–Trinajstić information content (AvgIpc) is 2.60. The summed E-state index contributed by atoms with van der Waals surface area (Å²) in [5.41, 5.74) is 4.14. The molecule has 3 aromatic rings. The van der Waals surface area contributed by atoms with Crippen molar-refractivity contribution in [3.63, 3.8) is 0 Å². The maximum Gasteiger partial charge on any atom is 0.149 e. The number of nitriles is 1. The summed E-state index contributed by atoms with van der Waals surface area (Å²) in [6, 6.07) is 19.9. The fraction of sp³-hybridized carbons (Fsp3) is 0.158. The number of aliphatic hydroxyl groups excluding tert-OH is 1. The average molecular weight is 288 g/mol. The summed E-state index contributed by atoms with van der Waals surface area (Å²) in [5.74, 6) is 0.110. The third-order valence-electron chi connectivity index (χ3n) is 3.89. The van der Waals surface area contributed by atoms with Gasteiger partial charge in [0, 0.05) is 23.5 Å². The van der Waals surface area contributed by atoms with Gasteiger partial charge >= 0.3 is 0 Å². The second-order valence-electron chi connectivity index (χ2n) is 5.39. The SMILES string of the molecule is CC(CO)c1ccc(-c2cc3ccccc3nc2C#N)cc1. The van der Waals surface area contributed by atoms with Gasteiger partial charge in [-0.1, -0.05) is 49.4 Å². The highest BCUT2D eigenvalue weighted by molar-refractivity contribution is 5.86. The van der Waals surface area contributed by atoms with Crippen molar-refractivity contribution in [3.8, 4) is 17.2 Å². The van der Waals surface area contributed by atoms with E-state index in [1.54, 1.807) is 0 Å². The lowest BCUT2D eigenvalue weighted by Crippen LogP contribution is -1.98. The number of nitrogens with zero attached hydrogens (tertiary/aromatic N) is 2. The Morgan fingerprint density at radius 1 is 1.14 bits per heavy atom. The van der Waals surface area contributed by atoms with Crippen LogP contribution in [0.15, 0.2) is 54.6 Å². The van der Waals surface area contributed by atoms with Gasteiger partial charge in [0.2, 0.25) is 0 Å². The number of aliphatic hydroxyl groups is 1. The maximum absolute atomic E-state index is 9.37. The summed E-state index contributed by atoms with van der Waals surface area (Å²) in [5, 5.41) is 19.6. The van der Waals surface area contributed by atoms with Crippen molar-refractivity contribution in [1.82, 2.24) is 4.98 Å². The van der Waals surface area contributed by atoms with Gasteiger partial charge in [0.15, 0.2) is 0 Å². The molecule has 0 saturated heterocycles. The van der Waals surface area contributed by atoms with Gasteiger partial charge in [-0.3, -0.25) is 0 Å². The van der Waals surface area contributed by atoms with Gasteiger partial charge in [-0.25, -0.2) is 4.98 Å². The minimum Gasteiger partial charge on any atom is -0.396 e. The predicted molar refractivity (Wildman–Crippen MR) is 87.4 cm³/mol. The quantitative estimate of drug-likeness (QED) is 0.796. The molecule has 22 heavy (non-hydrogen) atoms. The molecular weight excluding hydrogens is 272 g/mol. The van der Waals surface area contributed by atoms with Crippen LogP contribution in [0.2, 0.25) is 0 Å². The Bertz CT molecular complexity index is 847. The predicted octanol–water partition coefficient (Wildman–Crippen LogP) is 3.87. The molecule has 2 aromatic carbocycles. The van der Waals surface area contributed by atoms with Crippen LogP contribution in [0, 0.1) is 11.3 Å². The lowest BCUT2D eigenvalue weighted by Gasteiger charge is -2.10. The Kier molecular flexibility index (Phi) is 3.86. The zero-order chi connectivity index (χ0) is 15.5. The van der Waals surface area contributed by atoms with E-state index in [0.717, 1.165) is 27.6 Å². The molecule has 3 rings (SSSR count). The first-order valence-corrected chi connectivity index (χ1v) is 7.24. The van der Waals surface area contributed by atoms with Crippen LogP contribution in [-0.2, 0) is 0 Å². The number of hydrogen-bond donors (Lipinski definition) is 1. The second kappa shape index (κ2) is 5.97. The van der Waals surface area contributed by atoms with Crippen LogP contribution in [-0.4, -0.2) is 16.7 Å². The van der Waals surface area contributed by atoms with E-state index in [4.69, 9.17) is 0 Å². The molecule has 0 saturated carbocycles. The molecule has 0 spiro atoms. The summed E-state index contributed by atoms with van der Waals surface area (Å²) in [4.78, 5) is 4.44. The third-order valence-corrected chi connectivity index (χ3v) is 3.89. The van der Waals surface area contributed by atoms with Crippen molar-refractivity contribution in [2.45, 2.75) is 12.8 Å². The summed E-state index contributed by atoms with van der Waals surface area (Å²) in [6.07, 6.45) is 0. The largest absolute Gasteiger partial charge is 0.396 e. The van der Waals surface area contributed by atoms with E-state index in [0.29, 0.717) is 5.69 Å². The highest BCUT2D eigenvalue weighted by Crippen LogP contribution is 2.27. The van der Waals surface area contributed by atoms with Crippen LogP contribution in [0.5, 0.6) is 0 Å². The molecule has 3 heteroatoms. The lowest BCUT2D eigenvalue weighted by atomic mass is 9.97. The van der Waals surface area contributed by atoms with Crippen LogP contribution >= 0.6 is 0 Å². The summed E-state index contributed by atoms with van der Waals surface area (Å²) >= 11 is 0. The van der Waals surface area contributed by atoms with Crippen molar-refractivity contribution in [2.24, 2.45) is 0 Å². The van der Waals surface area contributed by atoms with Gasteiger partial charge in [0.25, 0.3) is 0 Å². The molecule has 1 unspecified atom stereocenters. The molecule has 0 bridgehead atoms. The molecule has 108 valence electrons. The van der Waals surface area contributed by atoms with Gasteiger partial charge in [0.1, 0.15) is 11.8 Å².